The molecule has 0 aliphatic heterocycles. The molecule has 0 amide bonds. The van der Waals surface area contributed by atoms with Crippen molar-refractivity contribution in [3.63, 3.8) is 0 Å². The van der Waals surface area contributed by atoms with Crippen molar-refractivity contribution in [1.82, 2.24) is 4.31 Å². The van der Waals surface area contributed by atoms with E-state index in [9.17, 15) is 31.9 Å². The van der Waals surface area contributed by atoms with Gasteiger partial charge in [0.25, 0.3) is 10.9 Å². The van der Waals surface area contributed by atoms with E-state index < -0.39 is 48.7 Å². The zero-order chi connectivity index (χ0) is 25.7. The molecule has 12 heteroatoms. The van der Waals surface area contributed by atoms with Crippen molar-refractivity contribution >= 4 is 38.7 Å². The third-order valence-electron chi connectivity index (χ3n) is 6.25. The number of rotatable bonds is 7. The number of nitrogens with zero attached hydrogens (tertiary/aromatic N) is 1. The number of benzene rings is 2. The SMILES string of the molecule is CN(C)S(=O)(=O)c1c(Cl)ccc(Nc2c(NC3(c4c(F)cccc4F)CCCC3)c(=O)c2=O)c1O. The molecule has 0 heterocycles. The summed E-state index contributed by atoms with van der Waals surface area (Å²) in [5.74, 6) is -2.30. The topological polar surface area (TPSA) is 116 Å². The maximum Gasteiger partial charge on any atom is 0.253 e. The summed E-state index contributed by atoms with van der Waals surface area (Å²) in [5, 5.41) is 15.9. The van der Waals surface area contributed by atoms with Crippen LogP contribution in [-0.2, 0) is 15.6 Å². The number of hydrogen-bond acceptors (Lipinski definition) is 7. The molecule has 1 saturated carbocycles. The second-order valence-electron chi connectivity index (χ2n) is 8.60. The maximum atomic E-state index is 14.7. The van der Waals surface area contributed by atoms with Crippen LogP contribution in [0, 0.1) is 11.6 Å². The molecule has 3 N–H and O–H groups in total. The van der Waals surface area contributed by atoms with Crippen LogP contribution in [0.5, 0.6) is 5.75 Å². The number of halogens is 3. The van der Waals surface area contributed by atoms with E-state index in [4.69, 9.17) is 11.6 Å². The average Bonchev–Trinajstić information content (AvgIpc) is 3.26. The molecule has 0 saturated heterocycles. The van der Waals surface area contributed by atoms with Crippen LogP contribution in [0.3, 0.4) is 0 Å². The minimum atomic E-state index is -4.15. The molecule has 8 nitrogen and oxygen atoms in total. The molecule has 0 aromatic heterocycles. The van der Waals surface area contributed by atoms with Gasteiger partial charge in [0.05, 0.1) is 16.2 Å². The first-order valence-corrected chi connectivity index (χ1v) is 12.5. The summed E-state index contributed by atoms with van der Waals surface area (Å²) in [6, 6.07) is 5.95. The van der Waals surface area contributed by atoms with Crippen LogP contribution in [0.25, 0.3) is 0 Å². The zero-order valence-electron chi connectivity index (χ0n) is 18.8. The van der Waals surface area contributed by atoms with E-state index in [1.165, 1.54) is 32.3 Å². The molecule has 3 aromatic rings. The minimum Gasteiger partial charge on any atom is -0.504 e. The van der Waals surface area contributed by atoms with Crippen molar-refractivity contribution in [3.8, 4) is 5.75 Å². The van der Waals surface area contributed by atoms with Gasteiger partial charge in [0.15, 0.2) is 5.75 Å². The van der Waals surface area contributed by atoms with Crippen LogP contribution in [0.2, 0.25) is 5.02 Å². The molecule has 0 atom stereocenters. The van der Waals surface area contributed by atoms with E-state index in [-0.39, 0.29) is 27.6 Å². The molecule has 3 aromatic carbocycles. The Morgan fingerprint density at radius 2 is 1.57 bits per heavy atom. The van der Waals surface area contributed by atoms with Crippen LogP contribution in [0.4, 0.5) is 25.8 Å². The van der Waals surface area contributed by atoms with Gasteiger partial charge in [-0.25, -0.2) is 21.5 Å². The Kier molecular flexibility index (Phi) is 6.37. The van der Waals surface area contributed by atoms with Crippen molar-refractivity contribution in [2.75, 3.05) is 24.7 Å². The molecule has 186 valence electrons. The lowest BCUT2D eigenvalue weighted by molar-refractivity contribution is 0.436. The molecular formula is C23H22ClF2N3O5S. The predicted octanol–water partition coefficient (Wildman–Crippen LogP) is 3.80. The van der Waals surface area contributed by atoms with Crippen LogP contribution in [-0.4, -0.2) is 31.9 Å². The van der Waals surface area contributed by atoms with Crippen molar-refractivity contribution in [2.45, 2.75) is 36.1 Å². The first-order valence-electron chi connectivity index (χ1n) is 10.7. The molecule has 1 aliphatic carbocycles. The number of anilines is 3. The summed E-state index contributed by atoms with van der Waals surface area (Å²) in [7, 11) is -1.64. The first-order chi connectivity index (χ1) is 16.4. The summed E-state index contributed by atoms with van der Waals surface area (Å²) >= 11 is 6.01. The first kappa shape index (κ1) is 25.1. The van der Waals surface area contributed by atoms with E-state index in [2.05, 4.69) is 10.6 Å². The van der Waals surface area contributed by atoms with E-state index in [1.807, 2.05) is 0 Å². The lowest BCUT2D eigenvalue weighted by Crippen LogP contribution is -2.43. The fourth-order valence-corrected chi connectivity index (χ4v) is 5.93. The van der Waals surface area contributed by atoms with Crippen LogP contribution in [0.1, 0.15) is 31.2 Å². The lowest BCUT2D eigenvalue weighted by Gasteiger charge is -2.34. The number of nitrogens with one attached hydrogen (secondary N) is 2. The monoisotopic (exact) mass is 525 g/mol. The number of aromatic hydroxyl groups is 1. The van der Waals surface area contributed by atoms with Crippen LogP contribution in [0.15, 0.2) is 44.8 Å². The number of hydrogen-bond donors (Lipinski definition) is 3. The van der Waals surface area contributed by atoms with Gasteiger partial charge < -0.3 is 15.7 Å². The van der Waals surface area contributed by atoms with Gasteiger partial charge in [-0.05, 0) is 37.1 Å². The van der Waals surface area contributed by atoms with Gasteiger partial charge in [-0.1, -0.05) is 30.5 Å². The molecule has 0 spiro atoms. The Balaban J connectivity index is 1.76. The Morgan fingerprint density at radius 3 is 2.14 bits per heavy atom. The predicted molar refractivity (Wildman–Crippen MR) is 129 cm³/mol. The molecule has 1 aliphatic rings. The van der Waals surface area contributed by atoms with Crippen molar-refractivity contribution in [2.24, 2.45) is 0 Å². The second-order valence-corrected chi connectivity index (χ2v) is 11.1. The molecular weight excluding hydrogens is 504 g/mol. The quantitative estimate of drug-likeness (QED) is 0.317. The Bertz CT molecular complexity index is 1470. The van der Waals surface area contributed by atoms with Crippen molar-refractivity contribution < 1.29 is 22.3 Å². The van der Waals surface area contributed by atoms with Gasteiger partial charge in [-0.2, -0.15) is 0 Å². The fourth-order valence-electron chi connectivity index (χ4n) is 4.45. The third-order valence-corrected chi connectivity index (χ3v) is 8.57. The molecule has 0 radical (unpaired) electrons. The fraction of sp³-hybridized carbons (Fsp3) is 0.304. The van der Waals surface area contributed by atoms with Gasteiger partial charge in [0.1, 0.15) is 27.9 Å². The third kappa shape index (κ3) is 4.07. The van der Waals surface area contributed by atoms with E-state index in [0.717, 1.165) is 16.4 Å². The average molecular weight is 526 g/mol. The van der Waals surface area contributed by atoms with Crippen LogP contribution < -0.4 is 21.5 Å². The summed E-state index contributed by atoms with van der Waals surface area (Å²) in [6.45, 7) is 0. The molecule has 0 unspecified atom stereocenters. The number of phenolic OH excluding ortho intramolecular Hbond substituents is 1. The van der Waals surface area contributed by atoms with Gasteiger partial charge in [-0.15, -0.1) is 0 Å². The molecule has 35 heavy (non-hydrogen) atoms. The number of sulfonamides is 1. The Morgan fingerprint density at radius 1 is 1.00 bits per heavy atom. The summed E-state index contributed by atoms with van der Waals surface area (Å²) < 4.78 is 55.4. The smallest absolute Gasteiger partial charge is 0.253 e. The Hall–Kier alpha value is -3.02. The van der Waals surface area contributed by atoms with E-state index in [1.54, 1.807) is 0 Å². The summed E-state index contributed by atoms with van der Waals surface area (Å²) in [5.41, 5.74) is -3.95. The van der Waals surface area contributed by atoms with Crippen LogP contribution >= 0.6 is 11.6 Å². The molecule has 4 rings (SSSR count). The largest absolute Gasteiger partial charge is 0.504 e. The highest BCUT2D eigenvalue weighted by Crippen LogP contribution is 2.45. The second kappa shape index (κ2) is 8.89. The molecule has 0 bridgehead atoms. The minimum absolute atomic E-state index is 0.192. The zero-order valence-corrected chi connectivity index (χ0v) is 20.4. The van der Waals surface area contributed by atoms with Gasteiger partial charge in [-0.3, -0.25) is 9.59 Å². The highest BCUT2D eigenvalue weighted by Gasteiger charge is 2.42. The van der Waals surface area contributed by atoms with E-state index in [0.29, 0.717) is 25.7 Å². The van der Waals surface area contributed by atoms with Crippen molar-refractivity contribution in [1.29, 1.82) is 0 Å². The standard InChI is InChI=1S/C23H22ClF2N3O5S/c1-29(2)35(33,34)22-12(24)8-9-15(19(22)30)27-17-18(21(32)20(17)31)28-23(10-3-4-11-23)16-13(25)6-5-7-14(16)26/h5-9,27-28,30H,3-4,10-11H2,1-2H3. The van der Waals surface area contributed by atoms with E-state index >= 15 is 0 Å². The summed E-state index contributed by atoms with van der Waals surface area (Å²) in [4.78, 5) is 24.3. The maximum absolute atomic E-state index is 14.7. The van der Waals surface area contributed by atoms with Gasteiger partial charge >= 0.3 is 0 Å². The van der Waals surface area contributed by atoms with Crippen molar-refractivity contribution in [3.05, 3.63) is 73.0 Å². The summed E-state index contributed by atoms with van der Waals surface area (Å²) in [6.07, 6.45) is 1.92. The molecule has 1 fully saturated rings. The van der Waals surface area contributed by atoms with Gasteiger partial charge in [0.2, 0.25) is 10.0 Å². The normalized spacial score (nSPS) is 15.6. The highest BCUT2D eigenvalue weighted by atomic mass is 35.5. The van der Waals surface area contributed by atoms with Gasteiger partial charge in [0, 0.05) is 19.7 Å². The Labute approximate surface area is 204 Å². The number of phenols is 1. The highest BCUT2D eigenvalue weighted by molar-refractivity contribution is 7.89. The lowest BCUT2D eigenvalue weighted by atomic mass is 9.86.